The van der Waals surface area contributed by atoms with Crippen molar-refractivity contribution >= 4 is 18.3 Å². The second-order valence-electron chi connectivity index (χ2n) is 3.73. The molecule has 0 bridgehead atoms. The monoisotopic (exact) mass is 233 g/mol. The highest BCUT2D eigenvalue weighted by molar-refractivity contribution is 6.01. The van der Waals surface area contributed by atoms with E-state index in [-0.39, 0.29) is 5.91 Å². The molecule has 1 aliphatic heterocycles. The van der Waals surface area contributed by atoms with Crippen LogP contribution in [0.2, 0.25) is 0 Å². The molecule has 17 heavy (non-hydrogen) atoms. The summed E-state index contributed by atoms with van der Waals surface area (Å²) in [6.45, 7) is 0.739. The minimum atomic E-state index is -0.569. The molecule has 3 amide bonds. The summed E-state index contributed by atoms with van der Waals surface area (Å²) >= 11 is 0. The first-order valence-corrected chi connectivity index (χ1v) is 5.20. The fourth-order valence-electron chi connectivity index (χ4n) is 1.80. The number of amides is 3. The molecular weight excluding hydrogens is 220 g/mol. The number of carbonyl (C=O) groups is 2. The first-order valence-electron chi connectivity index (χ1n) is 5.20. The van der Waals surface area contributed by atoms with Crippen molar-refractivity contribution in [2.24, 2.45) is 10.8 Å². The third kappa shape index (κ3) is 1.83. The maximum absolute atomic E-state index is 12.3. The van der Waals surface area contributed by atoms with Gasteiger partial charge in [-0.25, -0.2) is 25.8 Å². The number of quaternary nitrogens is 1. The number of urea groups is 1. The Labute approximate surface area is 98.3 Å². The third-order valence-corrected chi connectivity index (χ3v) is 2.73. The molecule has 1 aromatic rings. The lowest BCUT2D eigenvalue weighted by atomic mass is 10.2. The van der Waals surface area contributed by atoms with Gasteiger partial charge in [0.2, 0.25) is 6.34 Å². The van der Waals surface area contributed by atoms with Gasteiger partial charge < -0.3 is 0 Å². The fraction of sp³-hybridized carbons (Fsp3) is 0.182. The van der Waals surface area contributed by atoms with E-state index in [1.807, 2.05) is 11.5 Å². The molecule has 3 N–H and O–H groups in total. The van der Waals surface area contributed by atoms with Crippen LogP contribution in [0.1, 0.15) is 10.4 Å². The van der Waals surface area contributed by atoms with Crippen molar-refractivity contribution in [2.45, 2.75) is 0 Å². The average molecular weight is 233 g/mol. The Kier molecular flexibility index (Phi) is 2.99. The predicted octanol–water partition coefficient (Wildman–Crippen LogP) is 0.269. The van der Waals surface area contributed by atoms with Crippen molar-refractivity contribution in [3.63, 3.8) is 0 Å². The van der Waals surface area contributed by atoms with Gasteiger partial charge in [0.05, 0.1) is 12.1 Å². The molecule has 6 nitrogen and oxygen atoms in total. The molecule has 0 aromatic heterocycles. The molecule has 0 spiro atoms. The Morgan fingerprint density at radius 3 is 2.53 bits per heavy atom. The van der Waals surface area contributed by atoms with Crippen molar-refractivity contribution < 1.29 is 14.1 Å². The molecule has 1 atom stereocenters. The van der Waals surface area contributed by atoms with E-state index < -0.39 is 10.5 Å². The minimum Gasteiger partial charge on any atom is -0.243 e. The van der Waals surface area contributed by atoms with Gasteiger partial charge in [-0.2, -0.15) is 0 Å². The normalized spacial score (nSPS) is 22.4. The molecule has 88 valence electrons. The molecular formula is C11H13N4O2+. The molecule has 0 saturated carbocycles. The van der Waals surface area contributed by atoms with E-state index in [9.17, 15) is 9.59 Å². The van der Waals surface area contributed by atoms with Crippen LogP contribution in [0.15, 0.2) is 35.3 Å². The molecule has 0 aliphatic carbocycles. The number of nitrogens with zero attached hydrogens (tertiary/aromatic N) is 2. The fourth-order valence-corrected chi connectivity index (χ4v) is 1.80. The highest BCUT2D eigenvalue weighted by atomic mass is 16.2. The van der Waals surface area contributed by atoms with Crippen LogP contribution >= 0.6 is 0 Å². The molecule has 2 rings (SSSR count). The standard InChI is InChI=1S/C11H12N4O2/c12-14-11(17)15(7-6-13-8-15)10(16)9-4-2-1-3-5-9/h1-5,8H,6-7,12H2/p+1. The number of hydrogen-bond donors (Lipinski definition) is 2. The van der Waals surface area contributed by atoms with E-state index in [4.69, 9.17) is 5.84 Å². The van der Waals surface area contributed by atoms with Gasteiger partial charge in [0.15, 0.2) is 0 Å². The Hall–Kier alpha value is -2.05. The van der Waals surface area contributed by atoms with E-state index in [1.165, 1.54) is 6.34 Å². The Balaban J connectivity index is 2.39. The summed E-state index contributed by atoms with van der Waals surface area (Å²) in [5, 5.41) is 0. The first kappa shape index (κ1) is 11.4. The second-order valence-corrected chi connectivity index (χ2v) is 3.73. The average Bonchev–Trinajstić information content (AvgIpc) is 2.88. The number of hydrazine groups is 1. The van der Waals surface area contributed by atoms with Crippen LogP contribution in [0.5, 0.6) is 0 Å². The molecule has 1 unspecified atom stereocenters. The van der Waals surface area contributed by atoms with Crippen molar-refractivity contribution in [3.05, 3.63) is 35.9 Å². The number of nitrogens with two attached hydrogens (primary N) is 1. The van der Waals surface area contributed by atoms with Crippen molar-refractivity contribution in [2.75, 3.05) is 13.1 Å². The summed E-state index contributed by atoms with van der Waals surface area (Å²) in [7, 11) is 0. The number of hydrogen-bond acceptors (Lipinski definition) is 4. The molecule has 1 heterocycles. The predicted molar refractivity (Wildman–Crippen MR) is 62.0 cm³/mol. The molecule has 1 aromatic carbocycles. The van der Waals surface area contributed by atoms with Gasteiger partial charge >= 0.3 is 11.9 Å². The molecule has 0 radical (unpaired) electrons. The second kappa shape index (κ2) is 4.44. The van der Waals surface area contributed by atoms with Crippen LogP contribution in [0.3, 0.4) is 0 Å². The Bertz CT molecular complexity index is 472. The summed E-state index contributed by atoms with van der Waals surface area (Å²) in [6, 6.07) is 8.06. The number of carbonyl (C=O) groups excluding carboxylic acids is 2. The van der Waals surface area contributed by atoms with Gasteiger partial charge in [-0.05, 0) is 12.1 Å². The van der Waals surface area contributed by atoms with E-state index in [2.05, 4.69) is 4.99 Å². The number of nitrogens with one attached hydrogen (secondary N) is 1. The summed E-state index contributed by atoms with van der Waals surface area (Å²) in [5.74, 6) is 4.80. The molecule has 0 saturated heterocycles. The summed E-state index contributed by atoms with van der Waals surface area (Å²) < 4.78 is -0.499. The van der Waals surface area contributed by atoms with E-state index >= 15 is 0 Å². The summed E-state index contributed by atoms with van der Waals surface area (Å²) in [5.41, 5.74) is 2.48. The lowest BCUT2D eigenvalue weighted by Gasteiger charge is -2.23. The van der Waals surface area contributed by atoms with Gasteiger partial charge in [-0.1, -0.05) is 18.2 Å². The SMILES string of the molecule is NNC(=O)[N+]1(C(=O)c2ccccc2)C=NCC1. The highest BCUT2D eigenvalue weighted by Crippen LogP contribution is 2.16. The summed E-state index contributed by atoms with van der Waals surface area (Å²) in [4.78, 5) is 28.1. The lowest BCUT2D eigenvalue weighted by molar-refractivity contribution is -0.653. The van der Waals surface area contributed by atoms with Crippen LogP contribution in [-0.4, -0.2) is 35.8 Å². The third-order valence-electron chi connectivity index (χ3n) is 2.73. The van der Waals surface area contributed by atoms with Crippen LogP contribution in [0, 0.1) is 0 Å². The maximum atomic E-state index is 12.3. The van der Waals surface area contributed by atoms with Crippen LogP contribution in [0.25, 0.3) is 0 Å². The van der Waals surface area contributed by atoms with E-state index in [0.29, 0.717) is 18.7 Å². The smallest absolute Gasteiger partial charge is 0.243 e. The first-order chi connectivity index (χ1) is 8.20. The Morgan fingerprint density at radius 1 is 1.29 bits per heavy atom. The zero-order chi connectivity index (χ0) is 12.3. The summed E-state index contributed by atoms with van der Waals surface area (Å²) in [6.07, 6.45) is 1.34. The minimum absolute atomic E-state index is 0.302. The van der Waals surface area contributed by atoms with Gasteiger partial charge in [-0.15, -0.1) is 4.48 Å². The topological polar surface area (TPSA) is 84.5 Å². The highest BCUT2D eigenvalue weighted by Gasteiger charge is 2.46. The molecule has 1 aliphatic rings. The quantitative estimate of drug-likeness (QED) is 0.316. The molecule has 6 heteroatoms. The zero-order valence-electron chi connectivity index (χ0n) is 9.17. The van der Waals surface area contributed by atoms with Gasteiger partial charge in [0.25, 0.3) is 0 Å². The Morgan fingerprint density at radius 2 is 2.00 bits per heavy atom. The largest absolute Gasteiger partial charge is 0.444 e. The van der Waals surface area contributed by atoms with Crippen molar-refractivity contribution in [3.8, 4) is 0 Å². The number of rotatable bonds is 1. The van der Waals surface area contributed by atoms with Gasteiger partial charge in [-0.3, -0.25) is 0 Å². The van der Waals surface area contributed by atoms with Gasteiger partial charge in [0.1, 0.15) is 6.54 Å². The van der Waals surface area contributed by atoms with Crippen LogP contribution in [0.4, 0.5) is 4.79 Å². The molecule has 0 fully saturated rings. The number of aliphatic imine (C=N–C) groups is 1. The number of imide groups is 1. The van der Waals surface area contributed by atoms with Crippen LogP contribution < -0.4 is 11.3 Å². The van der Waals surface area contributed by atoms with E-state index in [0.717, 1.165) is 0 Å². The maximum Gasteiger partial charge on any atom is 0.444 e. The zero-order valence-corrected chi connectivity index (χ0v) is 9.17. The van der Waals surface area contributed by atoms with Crippen molar-refractivity contribution in [1.29, 1.82) is 0 Å². The van der Waals surface area contributed by atoms with Crippen LogP contribution in [-0.2, 0) is 0 Å². The van der Waals surface area contributed by atoms with E-state index in [1.54, 1.807) is 24.3 Å². The van der Waals surface area contributed by atoms with Crippen molar-refractivity contribution in [1.82, 2.24) is 5.43 Å². The lowest BCUT2D eigenvalue weighted by Crippen LogP contribution is -2.60. The van der Waals surface area contributed by atoms with Gasteiger partial charge in [0, 0.05) is 0 Å². The number of benzene rings is 1.